The number of esters is 1. The Morgan fingerprint density at radius 2 is 1.76 bits per heavy atom. The molecule has 1 heterocycles. The number of nitrogens with zero attached hydrogens (tertiary/aromatic N) is 2. The maximum atomic E-state index is 13.1. The summed E-state index contributed by atoms with van der Waals surface area (Å²) in [6.07, 6.45) is 2.92. The molecule has 1 N–H and O–H groups in total. The normalized spacial score (nSPS) is 11.9. The number of carbonyl (C=O) groups excluding carboxylic acids is 3. The number of benzene rings is 1. The number of rotatable bonds is 11. The van der Waals surface area contributed by atoms with Gasteiger partial charge in [0, 0.05) is 19.6 Å². The highest BCUT2D eigenvalue weighted by molar-refractivity contribution is 7.07. The van der Waals surface area contributed by atoms with E-state index in [-0.39, 0.29) is 37.1 Å². The van der Waals surface area contributed by atoms with Crippen LogP contribution in [0.4, 0.5) is 0 Å². The Labute approximate surface area is 202 Å². The van der Waals surface area contributed by atoms with Gasteiger partial charge in [-0.2, -0.15) is 0 Å². The highest BCUT2D eigenvalue weighted by atomic mass is 32.1. The molecule has 0 aliphatic heterocycles. The summed E-state index contributed by atoms with van der Waals surface area (Å²) >= 11 is 1.11. The number of likely N-dealkylation sites (N-methyl/N-ethyl adjacent to an activating group) is 2. The van der Waals surface area contributed by atoms with E-state index in [0.29, 0.717) is 34.6 Å². The van der Waals surface area contributed by atoms with E-state index in [0.717, 1.165) is 16.9 Å². The molecule has 0 bridgehead atoms. The van der Waals surface area contributed by atoms with Crippen molar-refractivity contribution in [2.45, 2.75) is 34.2 Å². The van der Waals surface area contributed by atoms with Gasteiger partial charge in [0.15, 0.2) is 6.61 Å². The molecule has 0 saturated carbocycles. The Kier molecular flexibility index (Phi) is 10.5. The van der Waals surface area contributed by atoms with E-state index in [2.05, 4.69) is 5.32 Å². The summed E-state index contributed by atoms with van der Waals surface area (Å²) in [5, 5.41) is 2.65. The maximum Gasteiger partial charge on any atom is 0.333 e. The molecule has 0 aliphatic carbocycles. The van der Waals surface area contributed by atoms with Crippen molar-refractivity contribution in [3.63, 3.8) is 0 Å². The number of ether oxygens (including phenoxy) is 2. The molecule has 1 aromatic carbocycles. The van der Waals surface area contributed by atoms with Crippen LogP contribution < -0.4 is 24.8 Å². The van der Waals surface area contributed by atoms with E-state index in [1.807, 2.05) is 20.8 Å². The molecule has 2 rings (SSSR count). The van der Waals surface area contributed by atoms with Crippen LogP contribution in [0.25, 0.3) is 12.2 Å². The highest BCUT2D eigenvalue weighted by Crippen LogP contribution is 2.12. The maximum absolute atomic E-state index is 13.1. The minimum atomic E-state index is -0.576. The Hall–Kier alpha value is -3.40. The summed E-state index contributed by atoms with van der Waals surface area (Å²) in [5.41, 5.74) is 0.367. The molecule has 34 heavy (non-hydrogen) atoms. The number of amides is 2. The average Bonchev–Trinajstić information content (AvgIpc) is 3.08. The molecule has 0 radical (unpaired) electrons. The molecule has 1 aromatic heterocycles. The van der Waals surface area contributed by atoms with Gasteiger partial charge in [0.25, 0.3) is 11.5 Å². The molecule has 0 fully saturated rings. The van der Waals surface area contributed by atoms with Gasteiger partial charge in [-0.3, -0.25) is 19.0 Å². The van der Waals surface area contributed by atoms with Crippen LogP contribution in [0, 0.1) is 0 Å². The van der Waals surface area contributed by atoms with Crippen molar-refractivity contribution < 1.29 is 23.9 Å². The second-order valence-electron chi connectivity index (χ2n) is 7.11. The third-order valence-corrected chi connectivity index (χ3v) is 5.86. The molecule has 2 amide bonds. The predicted octanol–water partition coefficient (Wildman–Crippen LogP) is 0.466. The van der Waals surface area contributed by atoms with E-state index in [1.54, 1.807) is 42.2 Å². The van der Waals surface area contributed by atoms with Gasteiger partial charge in [-0.15, -0.1) is 11.3 Å². The van der Waals surface area contributed by atoms with Gasteiger partial charge in [0.2, 0.25) is 5.91 Å². The summed E-state index contributed by atoms with van der Waals surface area (Å²) < 4.78 is 12.4. The molecule has 10 heteroatoms. The number of carbonyl (C=O) groups is 3. The number of hydrogen-bond donors (Lipinski definition) is 1. The third kappa shape index (κ3) is 7.58. The molecule has 0 aliphatic rings. The monoisotopic (exact) mass is 489 g/mol. The van der Waals surface area contributed by atoms with E-state index in [9.17, 15) is 19.2 Å². The molecule has 9 nitrogen and oxygen atoms in total. The fourth-order valence-electron chi connectivity index (χ4n) is 3.10. The Balaban J connectivity index is 2.38. The van der Waals surface area contributed by atoms with Gasteiger partial charge < -0.3 is 19.7 Å². The fourth-order valence-corrected chi connectivity index (χ4v) is 4.13. The van der Waals surface area contributed by atoms with E-state index in [4.69, 9.17) is 9.47 Å². The molecule has 0 saturated heterocycles. The van der Waals surface area contributed by atoms with E-state index >= 15 is 0 Å². The number of nitrogens with one attached hydrogen (secondary N) is 1. The predicted molar refractivity (Wildman–Crippen MR) is 131 cm³/mol. The van der Waals surface area contributed by atoms with Crippen LogP contribution in [0.5, 0.6) is 5.75 Å². The van der Waals surface area contributed by atoms with Crippen LogP contribution in [0.3, 0.4) is 0 Å². The summed E-state index contributed by atoms with van der Waals surface area (Å²) in [7, 11) is 0. The minimum absolute atomic E-state index is 0.0832. The smallest absolute Gasteiger partial charge is 0.333 e. The largest absolute Gasteiger partial charge is 0.484 e. The van der Waals surface area contributed by atoms with Gasteiger partial charge in [0.05, 0.1) is 17.2 Å². The van der Waals surface area contributed by atoms with Crippen LogP contribution in [0.1, 0.15) is 33.3 Å². The van der Waals surface area contributed by atoms with Crippen molar-refractivity contribution in [3.8, 4) is 5.75 Å². The van der Waals surface area contributed by atoms with E-state index in [1.165, 1.54) is 10.6 Å². The number of hydrogen-bond acceptors (Lipinski definition) is 7. The summed E-state index contributed by atoms with van der Waals surface area (Å²) in [6.45, 7) is 8.80. The fraction of sp³-hybridized carbons (Fsp3) is 0.417. The SMILES string of the molecule is CCNC(=O)COc1ccc(/C=c2\s/c(=C\C(=O)OCC)n(CC(=O)N(CC)CC)c2=O)cc1. The molecule has 0 atom stereocenters. The molecule has 2 aromatic rings. The zero-order valence-electron chi connectivity index (χ0n) is 20.0. The average molecular weight is 490 g/mol. The Bertz CT molecular complexity index is 1160. The van der Waals surface area contributed by atoms with E-state index < -0.39 is 5.97 Å². The minimum Gasteiger partial charge on any atom is -0.484 e. The Morgan fingerprint density at radius 1 is 1.09 bits per heavy atom. The zero-order chi connectivity index (χ0) is 25.1. The second kappa shape index (κ2) is 13.3. The lowest BCUT2D eigenvalue weighted by Gasteiger charge is -2.18. The number of thiazole rings is 1. The standard InChI is InChI=1S/C24H31N3O6S/c1-5-25-20(28)16-33-18-11-9-17(10-12-18)13-19-24(31)27(15-21(29)26(6-2)7-3)22(34-19)14-23(30)32-8-4/h9-14H,5-8,15-16H2,1-4H3,(H,25,28)/b19-13-,22-14-. The van der Waals surface area contributed by atoms with Gasteiger partial charge in [-0.05, 0) is 51.5 Å². The molecular formula is C24H31N3O6S. The van der Waals surface area contributed by atoms with Crippen molar-refractivity contribution in [1.29, 1.82) is 0 Å². The molecule has 184 valence electrons. The van der Waals surface area contributed by atoms with Gasteiger partial charge in [0.1, 0.15) is 17.0 Å². The van der Waals surface area contributed by atoms with Crippen molar-refractivity contribution >= 4 is 41.3 Å². The number of aromatic nitrogens is 1. The highest BCUT2D eigenvalue weighted by Gasteiger charge is 2.15. The first-order valence-corrected chi connectivity index (χ1v) is 12.0. The first-order chi connectivity index (χ1) is 16.3. The summed E-state index contributed by atoms with van der Waals surface area (Å²) in [5.74, 6) is -0.466. The van der Waals surface area contributed by atoms with Gasteiger partial charge >= 0.3 is 5.97 Å². The molecule has 0 unspecified atom stereocenters. The lowest BCUT2D eigenvalue weighted by Crippen LogP contribution is -2.40. The van der Waals surface area contributed by atoms with Crippen LogP contribution in [-0.2, 0) is 25.7 Å². The van der Waals surface area contributed by atoms with Gasteiger partial charge in [-0.25, -0.2) is 4.79 Å². The van der Waals surface area contributed by atoms with Crippen molar-refractivity contribution in [2.75, 3.05) is 32.8 Å². The molecule has 0 spiro atoms. The van der Waals surface area contributed by atoms with Crippen LogP contribution in [0.15, 0.2) is 29.1 Å². The van der Waals surface area contributed by atoms with Crippen LogP contribution in [-0.4, -0.2) is 60.1 Å². The second-order valence-corrected chi connectivity index (χ2v) is 8.18. The topological polar surface area (TPSA) is 107 Å². The third-order valence-electron chi connectivity index (χ3n) is 4.80. The lowest BCUT2D eigenvalue weighted by atomic mass is 10.2. The van der Waals surface area contributed by atoms with Crippen LogP contribution >= 0.6 is 11.3 Å². The molecular weight excluding hydrogens is 458 g/mol. The van der Waals surface area contributed by atoms with Crippen molar-refractivity contribution in [2.24, 2.45) is 0 Å². The zero-order valence-corrected chi connectivity index (χ0v) is 20.8. The van der Waals surface area contributed by atoms with Gasteiger partial charge in [-0.1, -0.05) is 12.1 Å². The first-order valence-electron chi connectivity index (χ1n) is 11.2. The van der Waals surface area contributed by atoms with Crippen molar-refractivity contribution in [3.05, 3.63) is 49.4 Å². The van der Waals surface area contributed by atoms with Crippen LogP contribution in [0.2, 0.25) is 0 Å². The van der Waals surface area contributed by atoms with Crippen molar-refractivity contribution in [1.82, 2.24) is 14.8 Å². The Morgan fingerprint density at radius 3 is 2.35 bits per heavy atom. The summed E-state index contributed by atoms with van der Waals surface area (Å²) in [4.78, 5) is 50.9. The quantitative estimate of drug-likeness (QED) is 0.460. The first kappa shape index (κ1) is 26.8. The lowest BCUT2D eigenvalue weighted by molar-refractivity contribution is -0.135. The summed E-state index contributed by atoms with van der Waals surface area (Å²) in [6, 6.07) is 6.91.